The van der Waals surface area contributed by atoms with Gasteiger partial charge in [-0.25, -0.2) is 0 Å². The van der Waals surface area contributed by atoms with E-state index in [0.29, 0.717) is 5.56 Å². The molecule has 0 aliphatic carbocycles. The Hall–Kier alpha value is -3.67. The Morgan fingerprint density at radius 1 is 1.00 bits per heavy atom. The molecular weight excluding hydrogens is 366 g/mol. The maximum atomic E-state index is 13.3. The molecule has 1 N–H and O–H groups in total. The molecule has 1 amide bonds. The smallest absolute Gasteiger partial charge is 0.269 e. The Morgan fingerprint density at radius 3 is 2.34 bits per heavy atom. The van der Waals surface area contributed by atoms with Crippen molar-refractivity contribution >= 4 is 23.0 Å². The van der Waals surface area contributed by atoms with E-state index in [1.807, 2.05) is 61.5 Å². The third kappa shape index (κ3) is 3.69. The molecule has 0 unspecified atom stereocenters. The number of anilines is 2. The van der Waals surface area contributed by atoms with Gasteiger partial charge in [-0.1, -0.05) is 36.4 Å². The Morgan fingerprint density at radius 2 is 1.66 bits per heavy atom. The van der Waals surface area contributed by atoms with Gasteiger partial charge in [0.05, 0.1) is 11.0 Å². The second-order valence-corrected chi connectivity index (χ2v) is 7.19. The summed E-state index contributed by atoms with van der Waals surface area (Å²) in [5.74, 6) is -0.155. The Bertz CT molecular complexity index is 1030. The van der Waals surface area contributed by atoms with Crippen LogP contribution in [-0.4, -0.2) is 16.9 Å². The quantitative estimate of drug-likeness (QED) is 0.494. The first-order valence-corrected chi connectivity index (χ1v) is 9.53. The van der Waals surface area contributed by atoms with Gasteiger partial charge in [-0.3, -0.25) is 14.9 Å². The van der Waals surface area contributed by atoms with E-state index >= 15 is 0 Å². The number of amides is 1. The number of rotatable bonds is 4. The van der Waals surface area contributed by atoms with Crippen LogP contribution in [0.3, 0.4) is 0 Å². The van der Waals surface area contributed by atoms with Gasteiger partial charge in [0.1, 0.15) is 0 Å². The molecule has 0 fully saturated rings. The average Bonchev–Trinajstić information content (AvgIpc) is 2.74. The van der Waals surface area contributed by atoms with Crippen LogP contribution >= 0.6 is 0 Å². The third-order valence-corrected chi connectivity index (χ3v) is 5.25. The number of fused-ring (bicyclic) bond motifs is 1. The first-order valence-electron chi connectivity index (χ1n) is 9.53. The first kappa shape index (κ1) is 18.7. The maximum absolute atomic E-state index is 13.3. The minimum atomic E-state index is -0.465. The highest BCUT2D eigenvalue weighted by Crippen LogP contribution is 2.39. The lowest BCUT2D eigenvalue weighted by atomic mass is 9.90. The highest BCUT2D eigenvalue weighted by molar-refractivity contribution is 6.07. The molecule has 1 heterocycles. The molecule has 0 bridgehead atoms. The van der Waals surface area contributed by atoms with Gasteiger partial charge in [0.2, 0.25) is 0 Å². The van der Waals surface area contributed by atoms with Crippen LogP contribution in [0, 0.1) is 10.1 Å². The topological polar surface area (TPSA) is 75.5 Å². The molecule has 0 aromatic heterocycles. The zero-order valence-electron chi connectivity index (χ0n) is 16.0. The Kier molecular flexibility index (Phi) is 4.99. The van der Waals surface area contributed by atoms with Crippen molar-refractivity contribution in [3.63, 3.8) is 0 Å². The fraction of sp³-hybridized carbons (Fsp3) is 0.174. The second-order valence-electron chi connectivity index (χ2n) is 7.19. The van der Waals surface area contributed by atoms with E-state index in [0.717, 1.165) is 23.4 Å². The van der Waals surface area contributed by atoms with E-state index in [1.165, 1.54) is 24.3 Å². The lowest BCUT2D eigenvalue weighted by molar-refractivity contribution is -0.384. The molecule has 0 spiro atoms. The number of hydrogen-bond acceptors (Lipinski definition) is 4. The second kappa shape index (κ2) is 7.75. The predicted octanol–water partition coefficient (Wildman–Crippen LogP) is 5.19. The van der Waals surface area contributed by atoms with E-state index in [9.17, 15) is 14.9 Å². The van der Waals surface area contributed by atoms with Gasteiger partial charge in [0.25, 0.3) is 11.6 Å². The minimum Gasteiger partial charge on any atom is -0.378 e. The lowest BCUT2D eigenvalue weighted by Crippen LogP contribution is -2.44. The van der Waals surface area contributed by atoms with Crippen molar-refractivity contribution in [2.45, 2.75) is 25.4 Å². The van der Waals surface area contributed by atoms with Crippen LogP contribution in [0.5, 0.6) is 0 Å². The normalized spacial score (nSPS) is 18.0. The molecule has 0 radical (unpaired) electrons. The number of non-ortho nitro benzene ring substituents is 1. The molecule has 0 saturated carbocycles. The van der Waals surface area contributed by atoms with Crippen LogP contribution in [0.4, 0.5) is 17.1 Å². The highest BCUT2D eigenvalue weighted by atomic mass is 16.6. The average molecular weight is 387 g/mol. The number of carbonyl (C=O) groups excluding carboxylic acids is 1. The summed E-state index contributed by atoms with van der Waals surface area (Å²) in [4.78, 5) is 25.5. The molecule has 0 saturated heterocycles. The van der Waals surface area contributed by atoms with Crippen molar-refractivity contribution in [2.75, 3.05) is 10.2 Å². The van der Waals surface area contributed by atoms with Crippen LogP contribution < -0.4 is 10.2 Å². The van der Waals surface area contributed by atoms with Crippen molar-refractivity contribution in [1.82, 2.24) is 0 Å². The lowest BCUT2D eigenvalue weighted by Gasteiger charge is -2.40. The first-order chi connectivity index (χ1) is 14.0. The number of hydrogen-bond donors (Lipinski definition) is 1. The van der Waals surface area contributed by atoms with E-state index in [-0.39, 0.29) is 23.7 Å². The summed E-state index contributed by atoms with van der Waals surface area (Å²) in [6.07, 6.45) is 0.755. The monoisotopic (exact) mass is 387 g/mol. The van der Waals surface area contributed by atoms with E-state index in [2.05, 4.69) is 5.32 Å². The summed E-state index contributed by atoms with van der Waals surface area (Å²) in [6, 6.07) is 23.7. The van der Waals surface area contributed by atoms with Crippen LogP contribution in [0.1, 0.15) is 35.3 Å². The van der Waals surface area contributed by atoms with Crippen molar-refractivity contribution < 1.29 is 9.72 Å². The van der Waals surface area contributed by atoms with Crippen molar-refractivity contribution in [3.8, 4) is 0 Å². The largest absolute Gasteiger partial charge is 0.378 e. The molecule has 2 atom stereocenters. The van der Waals surface area contributed by atoms with Crippen molar-refractivity contribution in [1.29, 1.82) is 0 Å². The fourth-order valence-electron chi connectivity index (χ4n) is 3.86. The molecule has 1 aliphatic heterocycles. The minimum absolute atomic E-state index is 0.0271. The summed E-state index contributed by atoms with van der Waals surface area (Å²) >= 11 is 0. The van der Waals surface area contributed by atoms with Gasteiger partial charge < -0.3 is 10.2 Å². The maximum Gasteiger partial charge on any atom is 0.269 e. The SMILES string of the molecule is C[C@H]1C[C@@H](Nc2ccccc2)c2ccccc2N1C(=O)c1ccc([N+](=O)[O-])cc1. The van der Waals surface area contributed by atoms with Crippen LogP contribution in [0.2, 0.25) is 0 Å². The van der Waals surface area contributed by atoms with Crippen LogP contribution in [0.25, 0.3) is 0 Å². The number of carbonyl (C=O) groups is 1. The molecule has 1 aliphatic rings. The van der Waals surface area contributed by atoms with Gasteiger partial charge in [-0.2, -0.15) is 0 Å². The Balaban J connectivity index is 1.66. The van der Waals surface area contributed by atoms with Crippen molar-refractivity contribution in [3.05, 3.63) is 100 Å². The summed E-state index contributed by atoms with van der Waals surface area (Å²) in [5.41, 5.74) is 3.37. The summed E-state index contributed by atoms with van der Waals surface area (Å²) in [6.45, 7) is 2.03. The van der Waals surface area contributed by atoms with Crippen molar-refractivity contribution in [2.24, 2.45) is 0 Å². The zero-order chi connectivity index (χ0) is 20.4. The van der Waals surface area contributed by atoms with E-state index < -0.39 is 4.92 Å². The molecule has 3 aromatic rings. The van der Waals surface area contributed by atoms with Gasteiger partial charge in [-0.15, -0.1) is 0 Å². The molecule has 4 rings (SSSR count). The number of nitrogens with one attached hydrogen (secondary N) is 1. The van der Waals surface area contributed by atoms with Gasteiger partial charge in [-0.05, 0) is 49.2 Å². The molecule has 6 heteroatoms. The number of nitro groups is 1. The Labute approximate surface area is 168 Å². The molecule has 29 heavy (non-hydrogen) atoms. The number of benzene rings is 3. The predicted molar refractivity (Wildman–Crippen MR) is 113 cm³/mol. The summed E-state index contributed by atoms with van der Waals surface area (Å²) in [5, 5.41) is 14.5. The number of nitro benzene ring substituents is 1. The molecule has 146 valence electrons. The standard InChI is InChI=1S/C23H21N3O3/c1-16-15-21(24-18-7-3-2-4-8-18)20-9-5-6-10-22(20)25(16)23(27)17-11-13-19(14-12-17)26(28)29/h2-14,16,21,24H,15H2,1H3/t16-,21+/m0/s1. The molecule has 3 aromatic carbocycles. The zero-order valence-corrected chi connectivity index (χ0v) is 16.0. The van der Waals surface area contributed by atoms with Crippen LogP contribution in [-0.2, 0) is 0 Å². The van der Waals surface area contributed by atoms with E-state index in [4.69, 9.17) is 0 Å². The third-order valence-electron chi connectivity index (χ3n) is 5.25. The van der Waals surface area contributed by atoms with E-state index in [1.54, 1.807) is 4.90 Å². The number of para-hydroxylation sites is 2. The summed E-state index contributed by atoms with van der Waals surface area (Å²) in [7, 11) is 0. The summed E-state index contributed by atoms with van der Waals surface area (Å²) < 4.78 is 0. The molecule has 6 nitrogen and oxygen atoms in total. The highest BCUT2D eigenvalue weighted by Gasteiger charge is 2.34. The fourth-order valence-corrected chi connectivity index (χ4v) is 3.86. The van der Waals surface area contributed by atoms with Crippen LogP contribution in [0.15, 0.2) is 78.9 Å². The van der Waals surface area contributed by atoms with Gasteiger partial charge in [0, 0.05) is 35.1 Å². The van der Waals surface area contributed by atoms with Gasteiger partial charge >= 0.3 is 0 Å². The van der Waals surface area contributed by atoms with Gasteiger partial charge in [0.15, 0.2) is 0 Å². The molecular formula is C23H21N3O3. The number of nitrogens with zero attached hydrogens (tertiary/aromatic N) is 2.